The maximum Gasteiger partial charge on any atom is 0.355 e. The lowest BCUT2D eigenvalue weighted by Crippen LogP contribution is -2.48. The lowest BCUT2D eigenvalue weighted by atomic mass is 10.2. The molecular formula is C15H25N2O4P. The molecule has 0 aliphatic rings. The molecule has 1 rings (SSSR count). The van der Waals surface area contributed by atoms with Crippen LogP contribution in [0, 0.1) is 0 Å². The third-order valence-electron chi connectivity index (χ3n) is 3.31. The molecular weight excluding hydrogens is 303 g/mol. The number of rotatable bonds is 8. The van der Waals surface area contributed by atoms with E-state index in [4.69, 9.17) is 9.05 Å². The average molecular weight is 328 g/mol. The van der Waals surface area contributed by atoms with E-state index in [0.29, 0.717) is 12.1 Å². The van der Waals surface area contributed by atoms with Gasteiger partial charge in [-0.2, -0.15) is 0 Å². The van der Waals surface area contributed by atoms with Crippen molar-refractivity contribution in [1.82, 2.24) is 5.32 Å². The first-order valence-corrected chi connectivity index (χ1v) is 8.98. The number of urea groups is 1. The second kappa shape index (κ2) is 8.32. The molecule has 2 amide bonds. The van der Waals surface area contributed by atoms with E-state index in [-0.39, 0.29) is 13.2 Å². The molecule has 2 N–H and O–H groups in total. The fourth-order valence-corrected chi connectivity index (χ4v) is 3.89. The van der Waals surface area contributed by atoms with E-state index in [1.807, 2.05) is 25.1 Å². The molecule has 1 aromatic carbocycles. The van der Waals surface area contributed by atoms with Crippen LogP contribution >= 0.6 is 7.60 Å². The van der Waals surface area contributed by atoms with Crippen molar-refractivity contribution in [2.75, 3.05) is 18.5 Å². The van der Waals surface area contributed by atoms with Gasteiger partial charge in [0.2, 0.25) is 0 Å². The molecule has 0 aliphatic heterocycles. The van der Waals surface area contributed by atoms with Crippen molar-refractivity contribution in [3.8, 4) is 0 Å². The molecule has 0 bridgehead atoms. The summed E-state index contributed by atoms with van der Waals surface area (Å²) in [5, 5.41) is 4.35. The minimum Gasteiger partial charge on any atom is -0.321 e. The molecule has 0 saturated heterocycles. The first kappa shape index (κ1) is 18.7. The van der Waals surface area contributed by atoms with Gasteiger partial charge in [-0.15, -0.1) is 0 Å². The van der Waals surface area contributed by atoms with Gasteiger partial charge in [0, 0.05) is 5.69 Å². The Balaban J connectivity index is 2.88. The standard InChI is InChI=1S/C15H25N2O4P/c1-5-15(4,22(19,20-6-2)21-7-3)17-14(18)16-13-11-9-8-10-12-13/h8-12H,5-7H2,1-4H3,(H2,16,17,18). The second-order valence-electron chi connectivity index (χ2n) is 4.91. The highest BCUT2D eigenvalue weighted by Crippen LogP contribution is 2.59. The summed E-state index contributed by atoms with van der Waals surface area (Å²) in [6.07, 6.45) is 0.409. The Kier molecular flexibility index (Phi) is 7.07. The Morgan fingerprint density at radius 2 is 1.68 bits per heavy atom. The van der Waals surface area contributed by atoms with Crippen LogP contribution in [0.5, 0.6) is 0 Å². The van der Waals surface area contributed by atoms with E-state index in [1.165, 1.54) is 0 Å². The summed E-state index contributed by atoms with van der Waals surface area (Å²) in [6.45, 7) is 7.47. The van der Waals surface area contributed by atoms with Gasteiger partial charge in [0.15, 0.2) is 0 Å². The number of hydrogen-bond donors (Lipinski definition) is 2. The van der Waals surface area contributed by atoms with E-state index in [0.717, 1.165) is 0 Å². The summed E-state index contributed by atoms with van der Waals surface area (Å²) in [5.41, 5.74) is 0.654. The van der Waals surface area contributed by atoms with E-state index in [1.54, 1.807) is 32.9 Å². The number of anilines is 1. The number of nitrogens with one attached hydrogen (secondary N) is 2. The van der Waals surface area contributed by atoms with Gasteiger partial charge < -0.3 is 19.7 Å². The quantitative estimate of drug-likeness (QED) is 0.701. The highest BCUT2D eigenvalue weighted by Gasteiger charge is 2.47. The number of hydrogen-bond acceptors (Lipinski definition) is 4. The third-order valence-corrected chi connectivity index (χ3v) is 6.14. The Bertz CT molecular complexity index is 514. The predicted molar refractivity (Wildman–Crippen MR) is 88.2 cm³/mol. The summed E-state index contributed by atoms with van der Waals surface area (Å²) in [5.74, 6) is 0. The normalized spacial score (nSPS) is 14.2. The second-order valence-corrected chi connectivity index (χ2v) is 7.40. The van der Waals surface area contributed by atoms with Gasteiger partial charge >= 0.3 is 13.6 Å². The Hall–Kier alpha value is -1.36. The fraction of sp³-hybridized carbons (Fsp3) is 0.533. The topological polar surface area (TPSA) is 76.7 Å². The molecule has 22 heavy (non-hydrogen) atoms. The summed E-state index contributed by atoms with van der Waals surface area (Å²) >= 11 is 0. The molecule has 0 fully saturated rings. The SMILES string of the molecule is CCOP(=O)(OCC)C(C)(CC)NC(=O)Nc1ccccc1. The minimum atomic E-state index is -3.47. The molecule has 0 spiro atoms. The predicted octanol–water partition coefficient (Wildman–Crippen LogP) is 4.20. The summed E-state index contributed by atoms with van der Waals surface area (Å²) in [4.78, 5) is 12.2. The zero-order chi connectivity index (χ0) is 16.6. The van der Waals surface area contributed by atoms with Crippen LogP contribution in [0.3, 0.4) is 0 Å². The lowest BCUT2D eigenvalue weighted by molar-refractivity contribution is 0.186. The summed E-state index contributed by atoms with van der Waals surface area (Å²) in [6, 6.07) is 8.59. The van der Waals surface area contributed by atoms with Crippen LogP contribution < -0.4 is 10.6 Å². The Morgan fingerprint density at radius 1 is 1.14 bits per heavy atom. The smallest absolute Gasteiger partial charge is 0.321 e. The van der Waals surface area contributed by atoms with Crippen LogP contribution in [0.25, 0.3) is 0 Å². The van der Waals surface area contributed by atoms with Crippen molar-refractivity contribution in [3.63, 3.8) is 0 Å². The van der Waals surface area contributed by atoms with Gasteiger partial charge in [0.05, 0.1) is 13.2 Å². The monoisotopic (exact) mass is 328 g/mol. The highest BCUT2D eigenvalue weighted by atomic mass is 31.2. The van der Waals surface area contributed by atoms with Gasteiger partial charge in [-0.1, -0.05) is 25.1 Å². The number of para-hydroxylation sites is 1. The van der Waals surface area contributed by atoms with Crippen LogP contribution in [0.15, 0.2) is 30.3 Å². The van der Waals surface area contributed by atoms with E-state index in [9.17, 15) is 9.36 Å². The number of benzene rings is 1. The molecule has 0 radical (unpaired) electrons. The van der Waals surface area contributed by atoms with Gasteiger partial charge in [-0.05, 0) is 39.3 Å². The van der Waals surface area contributed by atoms with Crippen LogP contribution in [0.2, 0.25) is 0 Å². The minimum absolute atomic E-state index is 0.245. The Labute approximate surface area is 132 Å². The number of carbonyl (C=O) groups excluding carboxylic acids is 1. The largest absolute Gasteiger partial charge is 0.355 e. The lowest BCUT2D eigenvalue weighted by Gasteiger charge is -2.35. The molecule has 1 atom stereocenters. The zero-order valence-electron chi connectivity index (χ0n) is 13.6. The summed E-state index contributed by atoms with van der Waals surface area (Å²) in [7, 11) is -3.47. The molecule has 1 unspecified atom stereocenters. The molecule has 0 aliphatic carbocycles. The van der Waals surface area contributed by atoms with Crippen molar-refractivity contribution in [3.05, 3.63) is 30.3 Å². The van der Waals surface area contributed by atoms with E-state index >= 15 is 0 Å². The van der Waals surface area contributed by atoms with Crippen molar-refractivity contribution >= 4 is 19.3 Å². The van der Waals surface area contributed by atoms with Crippen molar-refractivity contribution in [2.45, 2.75) is 39.4 Å². The molecule has 7 heteroatoms. The highest BCUT2D eigenvalue weighted by molar-refractivity contribution is 7.55. The maximum absolute atomic E-state index is 13.0. The Morgan fingerprint density at radius 3 is 2.14 bits per heavy atom. The molecule has 6 nitrogen and oxygen atoms in total. The van der Waals surface area contributed by atoms with E-state index in [2.05, 4.69) is 10.6 Å². The van der Waals surface area contributed by atoms with Crippen LogP contribution in [0.4, 0.5) is 10.5 Å². The molecule has 124 valence electrons. The molecule has 1 aromatic rings. The van der Waals surface area contributed by atoms with Crippen LogP contribution in [0.1, 0.15) is 34.1 Å². The van der Waals surface area contributed by atoms with Gasteiger partial charge in [-0.25, -0.2) is 4.79 Å². The van der Waals surface area contributed by atoms with Gasteiger partial charge in [0.25, 0.3) is 0 Å². The molecule has 0 saturated carbocycles. The average Bonchev–Trinajstić information content (AvgIpc) is 2.48. The fourth-order valence-electron chi connectivity index (χ4n) is 1.94. The van der Waals surface area contributed by atoms with Crippen molar-refractivity contribution in [1.29, 1.82) is 0 Å². The first-order valence-electron chi connectivity index (χ1n) is 7.44. The third kappa shape index (κ3) is 4.57. The van der Waals surface area contributed by atoms with Gasteiger partial charge in [-0.3, -0.25) is 4.57 Å². The van der Waals surface area contributed by atoms with Crippen LogP contribution in [-0.2, 0) is 13.6 Å². The van der Waals surface area contributed by atoms with Gasteiger partial charge in [0.1, 0.15) is 5.28 Å². The number of carbonyl (C=O) groups is 1. The zero-order valence-corrected chi connectivity index (χ0v) is 14.5. The van der Waals surface area contributed by atoms with Crippen molar-refractivity contribution < 1.29 is 18.4 Å². The van der Waals surface area contributed by atoms with Crippen LogP contribution in [-0.4, -0.2) is 24.5 Å². The summed E-state index contributed by atoms with van der Waals surface area (Å²) < 4.78 is 23.7. The number of amides is 2. The van der Waals surface area contributed by atoms with E-state index < -0.39 is 18.9 Å². The van der Waals surface area contributed by atoms with Crippen molar-refractivity contribution in [2.24, 2.45) is 0 Å². The molecule has 0 heterocycles. The molecule has 0 aromatic heterocycles. The first-order chi connectivity index (χ1) is 10.4. The maximum atomic E-state index is 13.0.